The molecule has 0 atom stereocenters. The van der Waals surface area contributed by atoms with Gasteiger partial charge in [-0.3, -0.25) is 19.7 Å². The van der Waals surface area contributed by atoms with E-state index in [2.05, 4.69) is 16.0 Å². The van der Waals surface area contributed by atoms with Gasteiger partial charge in [-0.1, -0.05) is 30.3 Å². The van der Waals surface area contributed by atoms with Crippen LogP contribution in [0.3, 0.4) is 0 Å². The Kier molecular flexibility index (Phi) is 4.25. The van der Waals surface area contributed by atoms with Crippen LogP contribution in [-0.2, 0) is 16.0 Å². The summed E-state index contributed by atoms with van der Waals surface area (Å²) in [6.07, 6.45) is 0.289. The van der Waals surface area contributed by atoms with Gasteiger partial charge in [0.05, 0.1) is 22.6 Å². The third-order valence-corrected chi connectivity index (χ3v) is 5.27. The van der Waals surface area contributed by atoms with Gasteiger partial charge in [-0.2, -0.15) is 0 Å². The Morgan fingerprint density at radius 3 is 2.48 bits per heavy atom. The quantitative estimate of drug-likeness (QED) is 0.340. The van der Waals surface area contributed by atoms with Crippen LogP contribution in [-0.4, -0.2) is 16.7 Å². The number of non-ortho nitro benzene ring substituents is 1. The zero-order chi connectivity index (χ0) is 21.5. The molecule has 0 saturated carbocycles. The van der Waals surface area contributed by atoms with E-state index in [0.717, 1.165) is 16.8 Å². The van der Waals surface area contributed by atoms with Gasteiger partial charge in [-0.25, -0.2) is 0 Å². The zero-order valence-electron chi connectivity index (χ0n) is 16.1. The largest absolute Gasteiger partial charge is 0.354 e. The van der Waals surface area contributed by atoms with Crippen molar-refractivity contribution >= 4 is 45.8 Å². The van der Waals surface area contributed by atoms with Crippen molar-refractivity contribution in [3.63, 3.8) is 0 Å². The zero-order valence-corrected chi connectivity index (χ0v) is 16.1. The highest BCUT2D eigenvalue weighted by Gasteiger charge is 2.30. The minimum Gasteiger partial charge on any atom is -0.354 e. The second-order valence-corrected chi connectivity index (χ2v) is 7.28. The van der Waals surface area contributed by atoms with Crippen molar-refractivity contribution in [2.24, 2.45) is 0 Å². The lowest BCUT2D eigenvalue weighted by Crippen LogP contribution is -2.10. The van der Waals surface area contributed by atoms with E-state index in [1.54, 1.807) is 0 Å². The molecule has 2 heterocycles. The SMILES string of the molecule is O=C1Cc2cc(NC(=C3C(=O)Nc4ccc([N+](=O)[O-])cc43)c3ccccc3)ccc2N1. The van der Waals surface area contributed by atoms with Crippen LogP contribution >= 0.6 is 0 Å². The van der Waals surface area contributed by atoms with Crippen LogP contribution in [0.5, 0.6) is 0 Å². The predicted molar refractivity (Wildman–Crippen MR) is 117 cm³/mol. The molecule has 0 unspecified atom stereocenters. The summed E-state index contributed by atoms with van der Waals surface area (Å²) in [6, 6.07) is 19.1. The smallest absolute Gasteiger partial charge is 0.270 e. The molecule has 2 amide bonds. The fraction of sp³-hybridized carbons (Fsp3) is 0.0435. The molecule has 8 heteroatoms. The van der Waals surface area contributed by atoms with Crippen LogP contribution < -0.4 is 16.0 Å². The molecule has 3 aromatic carbocycles. The van der Waals surface area contributed by atoms with Gasteiger partial charge in [-0.15, -0.1) is 0 Å². The molecule has 3 aromatic rings. The summed E-state index contributed by atoms with van der Waals surface area (Å²) in [5, 5.41) is 20.2. The molecule has 8 nitrogen and oxygen atoms in total. The summed E-state index contributed by atoms with van der Waals surface area (Å²) in [4.78, 5) is 35.4. The van der Waals surface area contributed by atoms with Gasteiger partial charge < -0.3 is 16.0 Å². The summed E-state index contributed by atoms with van der Waals surface area (Å²) in [7, 11) is 0. The molecule has 2 aliphatic heterocycles. The maximum atomic E-state index is 12.9. The Bertz CT molecular complexity index is 1300. The first-order valence-corrected chi connectivity index (χ1v) is 9.59. The third-order valence-electron chi connectivity index (χ3n) is 5.27. The molecule has 0 radical (unpaired) electrons. The van der Waals surface area contributed by atoms with Crippen molar-refractivity contribution in [3.05, 3.63) is 93.5 Å². The minimum atomic E-state index is -0.485. The molecule has 0 aliphatic carbocycles. The highest BCUT2D eigenvalue weighted by Crippen LogP contribution is 2.39. The number of hydrogen-bond donors (Lipinski definition) is 3. The summed E-state index contributed by atoms with van der Waals surface area (Å²) >= 11 is 0. The van der Waals surface area contributed by atoms with E-state index in [9.17, 15) is 19.7 Å². The Balaban J connectivity index is 1.67. The number of fused-ring (bicyclic) bond motifs is 2. The highest BCUT2D eigenvalue weighted by molar-refractivity contribution is 6.37. The number of hydrogen-bond acceptors (Lipinski definition) is 5. The van der Waals surface area contributed by atoms with Crippen LogP contribution in [0.25, 0.3) is 11.3 Å². The number of nitro benzene ring substituents is 1. The Hall–Kier alpha value is -4.46. The summed E-state index contributed by atoms with van der Waals surface area (Å²) in [5.74, 6) is -0.412. The molecule has 0 saturated heterocycles. The lowest BCUT2D eigenvalue weighted by atomic mass is 9.99. The second kappa shape index (κ2) is 7.10. The van der Waals surface area contributed by atoms with E-state index in [4.69, 9.17) is 0 Å². The van der Waals surface area contributed by atoms with E-state index in [0.29, 0.717) is 28.2 Å². The first-order chi connectivity index (χ1) is 15.0. The van der Waals surface area contributed by atoms with Crippen molar-refractivity contribution < 1.29 is 14.5 Å². The maximum absolute atomic E-state index is 12.9. The fourth-order valence-electron chi connectivity index (χ4n) is 3.85. The van der Waals surface area contributed by atoms with Gasteiger partial charge in [0.15, 0.2) is 0 Å². The molecule has 5 rings (SSSR count). The summed E-state index contributed by atoms with van der Waals surface area (Å²) < 4.78 is 0. The topological polar surface area (TPSA) is 113 Å². The van der Waals surface area contributed by atoms with Gasteiger partial charge in [0, 0.05) is 34.8 Å². The normalized spacial score (nSPS) is 15.6. The van der Waals surface area contributed by atoms with Crippen LogP contribution in [0.15, 0.2) is 66.7 Å². The molecule has 31 heavy (non-hydrogen) atoms. The Morgan fingerprint density at radius 1 is 0.935 bits per heavy atom. The van der Waals surface area contributed by atoms with Crippen LogP contribution in [0.4, 0.5) is 22.7 Å². The predicted octanol–water partition coefficient (Wildman–Crippen LogP) is 4.02. The number of carbonyl (C=O) groups is 2. The number of rotatable bonds is 4. The second-order valence-electron chi connectivity index (χ2n) is 7.28. The van der Waals surface area contributed by atoms with Gasteiger partial charge in [-0.05, 0) is 35.4 Å². The first-order valence-electron chi connectivity index (χ1n) is 9.59. The number of nitrogens with zero attached hydrogens (tertiary/aromatic N) is 1. The van der Waals surface area contributed by atoms with E-state index in [1.807, 2.05) is 48.5 Å². The van der Waals surface area contributed by atoms with Crippen LogP contribution in [0, 0.1) is 10.1 Å². The molecule has 3 N–H and O–H groups in total. The Morgan fingerprint density at radius 2 is 1.71 bits per heavy atom. The first kappa shape index (κ1) is 18.6. The highest BCUT2D eigenvalue weighted by atomic mass is 16.6. The van der Waals surface area contributed by atoms with Crippen molar-refractivity contribution in [1.29, 1.82) is 0 Å². The molecule has 152 valence electrons. The third kappa shape index (κ3) is 3.29. The van der Waals surface area contributed by atoms with E-state index in [1.165, 1.54) is 18.2 Å². The number of anilines is 3. The lowest BCUT2D eigenvalue weighted by Gasteiger charge is -2.15. The number of amides is 2. The molecule has 0 fully saturated rings. The average Bonchev–Trinajstić information content (AvgIpc) is 3.29. The molecule has 0 aromatic heterocycles. The molecular weight excluding hydrogens is 396 g/mol. The van der Waals surface area contributed by atoms with E-state index in [-0.39, 0.29) is 23.9 Å². The van der Waals surface area contributed by atoms with E-state index < -0.39 is 4.92 Å². The molecular formula is C23H16N4O4. The van der Waals surface area contributed by atoms with E-state index >= 15 is 0 Å². The number of nitrogens with one attached hydrogen (secondary N) is 3. The molecule has 0 spiro atoms. The number of nitro groups is 1. The molecule has 2 aliphatic rings. The monoisotopic (exact) mass is 412 g/mol. The lowest BCUT2D eigenvalue weighted by molar-refractivity contribution is -0.384. The summed E-state index contributed by atoms with van der Waals surface area (Å²) in [6.45, 7) is 0. The number of benzene rings is 3. The van der Waals surface area contributed by atoms with Gasteiger partial charge in [0.1, 0.15) is 0 Å². The van der Waals surface area contributed by atoms with Crippen molar-refractivity contribution in [1.82, 2.24) is 0 Å². The molecule has 0 bridgehead atoms. The standard InChI is InChI=1S/C23H16N4O4/c28-20-11-14-10-15(6-8-18(14)25-20)24-22(13-4-2-1-3-5-13)21-17-12-16(27(30)31)7-9-19(17)26-23(21)29/h1-10,12,24H,11H2,(H,25,28)(H,26,29). The van der Waals surface area contributed by atoms with Crippen molar-refractivity contribution in [2.75, 3.05) is 16.0 Å². The van der Waals surface area contributed by atoms with Crippen LogP contribution in [0.1, 0.15) is 16.7 Å². The van der Waals surface area contributed by atoms with Crippen LogP contribution in [0.2, 0.25) is 0 Å². The summed E-state index contributed by atoms with van der Waals surface area (Å²) in [5.41, 5.74) is 4.81. The average molecular weight is 412 g/mol. The minimum absolute atomic E-state index is 0.0646. The van der Waals surface area contributed by atoms with Gasteiger partial charge >= 0.3 is 0 Å². The Labute approximate surface area is 176 Å². The maximum Gasteiger partial charge on any atom is 0.270 e. The van der Waals surface area contributed by atoms with Crippen molar-refractivity contribution in [2.45, 2.75) is 6.42 Å². The number of carbonyl (C=O) groups excluding carboxylic acids is 2. The fourth-order valence-corrected chi connectivity index (χ4v) is 3.85. The van der Waals surface area contributed by atoms with Gasteiger partial charge in [0.25, 0.3) is 11.6 Å². The van der Waals surface area contributed by atoms with Gasteiger partial charge in [0.2, 0.25) is 5.91 Å². The van der Waals surface area contributed by atoms with Crippen molar-refractivity contribution in [3.8, 4) is 0 Å².